The maximum atomic E-state index is 13.3. The molecule has 1 fully saturated rings. The second kappa shape index (κ2) is 14.2. The maximum Gasteiger partial charge on any atom is 0.414 e. The molecule has 0 aliphatic carbocycles. The third kappa shape index (κ3) is 9.30. The van der Waals surface area contributed by atoms with Crippen molar-refractivity contribution in [3.05, 3.63) is 65.5 Å². The van der Waals surface area contributed by atoms with Crippen molar-refractivity contribution in [3.63, 3.8) is 0 Å². The minimum absolute atomic E-state index is 0.0415. The van der Waals surface area contributed by atoms with Crippen LogP contribution in [0.1, 0.15) is 43.9 Å². The van der Waals surface area contributed by atoms with E-state index < -0.39 is 11.9 Å². The Balaban J connectivity index is 0.000000678. The summed E-state index contributed by atoms with van der Waals surface area (Å²) in [5.74, 6) is -2.62. The average Bonchev–Trinajstić information content (AvgIpc) is 2.87. The summed E-state index contributed by atoms with van der Waals surface area (Å²) in [7, 11) is 1.69. The van der Waals surface area contributed by atoms with E-state index in [-0.39, 0.29) is 29.6 Å². The molecule has 1 atom stereocenters. The third-order valence-electron chi connectivity index (χ3n) is 6.19. The molecule has 2 aromatic carbocycles. The van der Waals surface area contributed by atoms with Crippen molar-refractivity contribution >= 4 is 17.8 Å². The third-order valence-corrected chi connectivity index (χ3v) is 6.19. The molecule has 3 N–H and O–H groups in total. The van der Waals surface area contributed by atoms with Crippen LogP contribution in [0.15, 0.2) is 48.5 Å². The lowest BCUT2D eigenvalue weighted by Crippen LogP contribution is -2.42. The van der Waals surface area contributed by atoms with Gasteiger partial charge in [0.05, 0.1) is 13.2 Å². The highest BCUT2D eigenvalue weighted by molar-refractivity contribution is 6.27. The minimum Gasteiger partial charge on any atom is -0.497 e. The molecule has 0 bridgehead atoms. The van der Waals surface area contributed by atoms with Gasteiger partial charge in [0.2, 0.25) is 5.91 Å². The number of aliphatic carboxylic acids is 2. The Morgan fingerprint density at radius 2 is 1.67 bits per heavy atom. The number of amides is 1. The molecule has 1 aliphatic rings. The average molecular weight is 503 g/mol. The van der Waals surface area contributed by atoms with Gasteiger partial charge in [0, 0.05) is 12.5 Å². The van der Waals surface area contributed by atoms with Crippen molar-refractivity contribution in [1.82, 2.24) is 10.2 Å². The topological polar surface area (TPSA) is 116 Å². The van der Waals surface area contributed by atoms with Crippen LogP contribution >= 0.6 is 0 Å². The predicted molar refractivity (Wildman–Crippen MR) is 133 cm³/mol. The van der Waals surface area contributed by atoms with E-state index in [1.165, 1.54) is 17.7 Å². The van der Waals surface area contributed by atoms with Crippen LogP contribution in [-0.2, 0) is 20.8 Å². The highest BCUT2D eigenvalue weighted by atomic mass is 19.1. The number of carbonyl (C=O) groups is 3. The van der Waals surface area contributed by atoms with Gasteiger partial charge >= 0.3 is 11.9 Å². The number of ether oxygens (including phenoxy) is 1. The van der Waals surface area contributed by atoms with Crippen LogP contribution in [0.25, 0.3) is 0 Å². The monoisotopic (exact) mass is 502 g/mol. The number of hydrogen-bond acceptors (Lipinski definition) is 5. The summed E-state index contributed by atoms with van der Waals surface area (Å²) in [6.07, 6.45) is 2.73. The number of carboxylic acids is 2. The molecule has 0 saturated carbocycles. The van der Waals surface area contributed by atoms with E-state index in [2.05, 4.69) is 36.2 Å². The number of nitrogens with one attached hydrogen (secondary N) is 1. The number of rotatable bonds is 8. The number of benzene rings is 2. The van der Waals surface area contributed by atoms with Gasteiger partial charge in [-0.15, -0.1) is 0 Å². The summed E-state index contributed by atoms with van der Waals surface area (Å²) >= 11 is 0. The lowest BCUT2D eigenvalue weighted by molar-refractivity contribution is -0.159. The summed E-state index contributed by atoms with van der Waals surface area (Å²) < 4.78 is 18.5. The fourth-order valence-corrected chi connectivity index (χ4v) is 4.11. The van der Waals surface area contributed by atoms with Gasteiger partial charge in [-0.2, -0.15) is 0 Å². The molecule has 0 radical (unpaired) electrons. The van der Waals surface area contributed by atoms with Crippen LogP contribution in [0, 0.1) is 17.7 Å². The van der Waals surface area contributed by atoms with E-state index in [4.69, 9.17) is 24.5 Å². The first kappa shape index (κ1) is 28.8. The molecule has 36 heavy (non-hydrogen) atoms. The number of piperidine rings is 1. The Morgan fingerprint density at radius 1 is 1.06 bits per heavy atom. The van der Waals surface area contributed by atoms with Crippen molar-refractivity contribution in [2.24, 2.45) is 11.8 Å². The molecule has 1 aliphatic heterocycles. The summed E-state index contributed by atoms with van der Waals surface area (Å²) in [6, 6.07) is 14.6. The first-order valence-electron chi connectivity index (χ1n) is 12.0. The molecule has 9 heteroatoms. The van der Waals surface area contributed by atoms with Gasteiger partial charge in [-0.3, -0.25) is 4.79 Å². The zero-order valence-corrected chi connectivity index (χ0v) is 20.9. The summed E-state index contributed by atoms with van der Waals surface area (Å²) in [4.78, 5) is 33.5. The number of likely N-dealkylation sites (tertiary alicyclic amines) is 1. The van der Waals surface area contributed by atoms with Gasteiger partial charge in [-0.1, -0.05) is 38.1 Å². The fraction of sp³-hybridized carbons (Fsp3) is 0.444. The van der Waals surface area contributed by atoms with Crippen LogP contribution in [0.5, 0.6) is 5.75 Å². The van der Waals surface area contributed by atoms with Crippen LogP contribution in [0.4, 0.5) is 4.39 Å². The van der Waals surface area contributed by atoms with Gasteiger partial charge in [0.25, 0.3) is 0 Å². The lowest BCUT2D eigenvalue weighted by atomic mass is 9.92. The molecular weight excluding hydrogens is 467 g/mol. The van der Waals surface area contributed by atoms with Crippen LogP contribution < -0.4 is 10.1 Å². The summed E-state index contributed by atoms with van der Waals surface area (Å²) in [5.41, 5.74) is 2.23. The summed E-state index contributed by atoms with van der Waals surface area (Å²) in [5, 5.41) is 18.0. The number of nitrogens with zero attached hydrogens (tertiary/aromatic N) is 1. The van der Waals surface area contributed by atoms with E-state index in [0.29, 0.717) is 0 Å². The highest BCUT2D eigenvalue weighted by Gasteiger charge is 2.27. The maximum absolute atomic E-state index is 13.3. The van der Waals surface area contributed by atoms with Crippen molar-refractivity contribution in [2.75, 3.05) is 26.7 Å². The van der Waals surface area contributed by atoms with Crippen molar-refractivity contribution in [2.45, 2.75) is 39.2 Å². The van der Waals surface area contributed by atoms with Gasteiger partial charge in [-0.05, 0) is 73.7 Å². The normalized spacial score (nSPS) is 14.9. The molecule has 2 aromatic rings. The van der Waals surface area contributed by atoms with Crippen LogP contribution in [-0.4, -0.2) is 59.7 Å². The SMILES string of the molecule is COc1cccc(CCN2CCC(C(=O)N[C@@H](c3ccc(F)cc3)C(C)C)CC2)c1.O=C(O)C(=O)O. The Hall–Kier alpha value is -3.46. The first-order valence-corrected chi connectivity index (χ1v) is 12.0. The molecule has 1 amide bonds. The molecule has 1 saturated heterocycles. The molecule has 3 rings (SSSR count). The molecule has 1 heterocycles. The minimum atomic E-state index is -1.82. The zero-order valence-electron chi connectivity index (χ0n) is 20.9. The van der Waals surface area contributed by atoms with Crippen LogP contribution in [0.3, 0.4) is 0 Å². The Morgan fingerprint density at radius 3 is 2.19 bits per heavy atom. The number of carboxylic acid groups (broad SMARTS) is 2. The van der Waals surface area contributed by atoms with Crippen LogP contribution in [0.2, 0.25) is 0 Å². The first-order chi connectivity index (χ1) is 17.1. The number of halogens is 1. The largest absolute Gasteiger partial charge is 0.497 e. The van der Waals surface area contributed by atoms with E-state index in [1.54, 1.807) is 19.2 Å². The molecule has 8 nitrogen and oxygen atoms in total. The molecule has 0 aromatic heterocycles. The Labute approximate surface area is 211 Å². The standard InChI is InChI=1S/C25H33FN2O2.C2H2O4/c1-18(2)24(20-7-9-22(26)10-8-20)27-25(29)21-12-15-28(16-13-21)14-11-19-5-4-6-23(17-19)30-3;3-1(4)2(5)6/h4-10,17-18,21,24H,11-16H2,1-3H3,(H,27,29);(H,3,4)(H,5,6)/t24-;/m1./s1. The van der Waals surface area contributed by atoms with E-state index in [0.717, 1.165) is 50.2 Å². The quantitative estimate of drug-likeness (QED) is 0.471. The second-order valence-corrected chi connectivity index (χ2v) is 9.11. The van der Waals surface area contributed by atoms with Gasteiger partial charge in [0.15, 0.2) is 0 Å². The predicted octanol–water partition coefficient (Wildman–Crippen LogP) is 3.76. The van der Waals surface area contributed by atoms with E-state index >= 15 is 0 Å². The van der Waals surface area contributed by atoms with Crippen molar-refractivity contribution in [3.8, 4) is 5.75 Å². The molecular formula is C27H35FN2O6. The van der Waals surface area contributed by atoms with Gasteiger partial charge in [0.1, 0.15) is 11.6 Å². The van der Waals surface area contributed by atoms with Crippen molar-refractivity contribution in [1.29, 1.82) is 0 Å². The number of methoxy groups -OCH3 is 1. The molecule has 0 unspecified atom stereocenters. The Bertz CT molecular complexity index is 992. The smallest absolute Gasteiger partial charge is 0.414 e. The fourth-order valence-electron chi connectivity index (χ4n) is 4.11. The second-order valence-electron chi connectivity index (χ2n) is 9.11. The zero-order chi connectivity index (χ0) is 26.7. The van der Waals surface area contributed by atoms with E-state index in [1.807, 2.05) is 12.1 Å². The van der Waals surface area contributed by atoms with Gasteiger partial charge in [-0.25, -0.2) is 14.0 Å². The highest BCUT2D eigenvalue weighted by Crippen LogP contribution is 2.25. The number of carbonyl (C=O) groups excluding carboxylic acids is 1. The summed E-state index contributed by atoms with van der Waals surface area (Å²) in [6.45, 7) is 7.02. The number of hydrogen-bond donors (Lipinski definition) is 3. The van der Waals surface area contributed by atoms with E-state index in [9.17, 15) is 9.18 Å². The van der Waals surface area contributed by atoms with Gasteiger partial charge < -0.3 is 25.2 Å². The Kier molecular flexibility index (Phi) is 11.3. The van der Waals surface area contributed by atoms with Crippen molar-refractivity contribution < 1.29 is 33.7 Å². The molecule has 196 valence electrons. The lowest BCUT2D eigenvalue weighted by Gasteiger charge is -2.33. The molecule has 0 spiro atoms.